The largest absolute Gasteiger partial charge is 0.324 e. The third-order valence-electron chi connectivity index (χ3n) is 2.06. The van der Waals surface area contributed by atoms with E-state index in [0.29, 0.717) is 6.54 Å². The third-order valence-corrected chi connectivity index (χ3v) is 4.10. The maximum Gasteiger partial charge on any atom is 0.148 e. The van der Waals surface area contributed by atoms with Gasteiger partial charge in [-0.15, -0.1) is 10.2 Å². The fourth-order valence-corrected chi connectivity index (χ4v) is 2.59. The summed E-state index contributed by atoms with van der Waals surface area (Å²) in [6.07, 6.45) is 0. The fraction of sp³-hybridized carbons (Fsp3) is 0.200. The van der Waals surface area contributed by atoms with Crippen LogP contribution in [-0.2, 0) is 6.54 Å². The van der Waals surface area contributed by atoms with Gasteiger partial charge in [-0.05, 0) is 28.4 Å². The van der Waals surface area contributed by atoms with Gasteiger partial charge in [0.15, 0.2) is 0 Å². The summed E-state index contributed by atoms with van der Waals surface area (Å²) in [5.74, 6) is 0. The van der Waals surface area contributed by atoms with Gasteiger partial charge in [0.25, 0.3) is 0 Å². The zero-order valence-electron chi connectivity index (χ0n) is 8.20. The van der Waals surface area contributed by atoms with E-state index >= 15 is 0 Å². The van der Waals surface area contributed by atoms with Gasteiger partial charge in [0.1, 0.15) is 10.0 Å². The molecule has 2 aromatic rings. The van der Waals surface area contributed by atoms with Crippen molar-refractivity contribution >= 4 is 27.3 Å². The number of aryl methyl sites for hydroxylation is 1. The molecule has 1 aromatic heterocycles. The van der Waals surface area contributed by atoms with Crippen LogP contribution >= 0.6 is 27.3 Å². The molecule has 0 spiro atoms. The average Bonchev–Trinajstić information content (AvgIpc) is 2.70. The Morgan fingerprint density at radius 2 is 2.20 bits per heavy atom. The zero-order valence-corrected chi connectivity index (χ0v) is 10.6. The first-order valence-corrected chi connectivity index (χ1v) is 6.11. The first kappa shape index (κ1) is 10.7. The molecule has 0 saturated heterocycles. The highest BCUT2D eigenvalue weighted by Gasteiger charge is 2.09. The van der Waals surface area contributed by atoms with Crippen LogP contribution in [0.3, 0.4) is 0 Å². The summed E-state index contributed by atoms with van der Waals surface area (Å²) >= 11 is 5.09. The van der Waals surface area contributed by atoms with Crippen molar-refractivity contribution in [3.05, 3.63) is 33.2 Å². The predicted molar refractivity (Wildman–Crippen MR) is 65.7 cm³/mol. The Morgan fingerprint density at radius 1 is 1.40 bits per heavy atom. The number of hydrogen-bond acceptors (Lipinski definition) is 4. The summed E-state index contributed by atoms with van der Waals surface area (Å²) < 4.78 is 1.07. The summed E-state index contributed by atoms with van der Waals surface area (Å²) in [6, 6.07) is 6.09. The predicted octanol–water partition coefficient (Wildman–Crippen LogP) is 2.73. The van der Waals surface area contributed by atoms with E-state index in [2.05, 4.69) is 39.1 Å². The van der Waals surface area contributed by atoms with Crippen LogP contribution < -0.4 is 5.73 Å². The normalized spacial score (nSPS) is 10.6. The molecule has 2 rings (SSSR count). The average molecular weight is 284 g/mol. The Kier molecular flexibility index (Phi) is 3.14. The molecule has 1 aromatic carbocycles. The minimum atomic E-state index is 0.446. The van der Waals surface area contributed by atoms with Crippen molar-refractivity contribution in [1.29, 1.82) is 0 Å². The van der Waals surface area contributed by atoms with Gasteiger partial charge in [-0.3, -0.25) is 0 Å². The molecular formula is C10H10BrN3S. The summed E-state index contributed by atoms with van der Waals surface area (Å²) in [6.45, 7) is 2.50. The van der Waals surface area contributed by atoms with E-state index in [1.54, 1.807) is 0 Å². The summed E-state index contributed by atoms with van der Waals surface area (Å²) in [5, 5.41) is 9.89. The summed E-state index contributed by atoms with van der Waals surface area (Å²) in [5.41, 5.74) is 7.77. The monoisotopic (exact) mass is 283 g/mol. The number of aromatic nitrogens is 2. The number of hydrogen-bond donors (Lipinski definition) is 1. The lowest BCUT2D eigenvalue weighted by atomic mass is 10.1. The second kappa shape index (κ2) is 4.38. The SMILES string of the molecule is Cc1cccc(-c2nnc(CN)s2)c1Br. The van der Waals surface area contributed by atoms with Crippen molar-refractivity contribution in [1.82, 2.24) is 10.2 Å². The zero-order chi connectivity index (χ0) is 10.8. The molecule has 2 N–H and O–H groups in total. The highest BCUT2D eigenvalue weighted by Crippen LogP contribution is 2.32. The molecule has 0 atom stereocenters. The van der Waals surface area contributed by atoms with E-state index in [0.717, 1.165) is 20.1 Å². The van der Waals surface area contributed by atoms with Crippen LogP contribution in [0.2, 0.25) is 0 Å². The van der Waals surface area contributed by atoms with E-state index in [1.165, 1.54) is 16.9 Å². The second-order valence-corrected chi connectivity index (χ2v) is 5.00. The van der Waals surface area contributed by atoms with Crippen molar-refractivity contribution in [2.75, 3.05) is 0 Å². The Morgan fingerprint density at radius 3 is 2.87 bits per heavy atom. The van der Waals surface area contributed by atoms with Gasteiger partial charge in [0.2, 0.25) is 0 Å². The first-order valence-electron chi connectivity index (χ1n) is 4.50. The molecular weight excluding hydrogens is 274 g/mol. The molecule has 0 saturated carbocycles. The van der Waals surface area contributed by atoms with Crippen molar-refractivity contribution in [2.24, 2.45) is 5.73 Å². The minimum absolute atomic E-state index is 0.446. The maximum atomic E-state index is 5.51. The van der Waals surface area contributed by atoms with E-state index in [9.17, 15) is 0 Å². The van der Waals surface area contributed by atoms with Crippen molar-refractivity contribution < 1.29 is 0 Å². The highest BCUT2D eigenvalue weighted by molar-refractivity contribution is 9.10. The van der Waals surface area contributed by atoms with Crippen LogP contribution in [0.5, 0.6) is 0 Å². The van der Waals surface area contributed by atoms with E-state index in [4.69, 9.17) is 5.73 Å². The Labute approximate surface area is 100 Å². The van der Waals surface area contributed by atoms with Crippen LogP contribution in [0.4, 0.5) is 0 Å². The number of rotatable bonds is 2. The van der Waals surface area contributed by atoms with E-state index in [-0.39, 0.29) is 0 Å². The third kappa shape index (κ3) is 2.09. The van der Waals surface area contributed by atoms with Crippen LogP contribution in [0, 0.1) is 6.92 Å². The van der Waals surface area contributed by atoms with E-state index < -0.39 is 0 Å². The summed E-state index contributed by atoms with van der Waals surface area (Å²) in [4.78, 5) is 0. The van der Waals surface area contributed by atoms with Crippen molar-refractivity contribution in [3.63, 3.8) is 0 Å². The number of nitrogens with zero attached hydrogens (tertiary/aromatic N) is 2. The molecule has 0 aliphatic carbocycles. The Balaban J connectivity index is 2.49. The van der Waals surface area contributed by atoms with Crippen LogP contribution in [-0.4, -0.2) is 10.2 Å². The molecule has 0 radical (unpaired) electrons. The standard InChI is InChI=1S/C10H10BrN3S/c1-6-3-2-4-7(9(6)11)10-14-13-8(5-12)15-10/h2-4H,5,12H2,1H3. The van der Waals surface area contributed by atoms with Gasteiger partial charge in [0, 0.05) is 16.6 Å². The molecule has 1 heterocycles. The van der Waals surface area contributed by atoms with Crippen LogP contribution in [0.15, 0.2) is 22.7 Å². The topological polar surface area (TPSA) is 51.8 Å². The molecule has 0 aliphatic heterocycles. The van der Waals surface area contributed by atoms with Gasteiger partial charge in [-0.1, -0.05) is 29.5 Å². The number of nitrogens with two attached hydrogens (primary N) is 1. The summed E-state index contributed by atoms with van der Waals surface area (Å²) in [7, 11) is 0. The molecule has 78 valence electrons. The van der Waals surface area contributed by atoms with Gasteiger partial charge in [0.05, 0.1) is 0 Å². The number of benzene rings is 1. The molecule has 3 nitrogen and oxygen atoms in total. The van der Waals surface area contributed by atoms with Crippen LogP contribution in [0.1, 0.15) is 10.6 Å². The molecule has 0 unspecified atom stereocenters. The maximum absolute atomic E-state index is 5.51. The molecule has 15 heavy (non-hydrogen) atoms. The second-order valence-electron chi connectivity index (χ2n) is 3.14. The van der Waals surface area contributed by atoms with Crippen molar-refractivity contribution in [2.45, 2.75) is 13.5 Å². The lowest BCUT2D eigenvalue weighted by molar-refractivity contribution is 0.960. The molecule has 0 bridgehead atoms. The minimum Gasteiger partial charge on any atom is -0.324 e. The first-order chi connectivity index (χ1) is 7.22. The lowest BCUT2D eigenvalue weighted by Crippen LogP contribution is -1.94. The quantitative estimate of drug-likeness (QED) is 0.922. The Bertz CT molecular complexity index is 481. The fourth-order valence-electron chi connectivity index (χ4n) is 1.26. The molecule has 0 amide bonds. The highest BCUT2D eigenvalue weighted by atomic mass is 79.9. The molecule has 0 aliphatic rings. The smallest absolute Gasteiger partial charge is 0.148 e. The van der Waals surface area contributed by atoms with Crippen LogP contribution in [0.25, 0.3) is 10.6 Å². The van der Waals surface area contributed by atoms with Crippen molar-refractivity contribution in [3.8, 4) is 10.6 Å². The lowest BCUT2D eigenvalue weighted by Gasteiger charge is -2.02. The number of halogens is 1. The molecule has 5 heteroatoms. The Hall–Kier alpha value is -0.780. The van der Waals surface area contributed by atoms with Gasteiger partial charge in [-0.2, -0.15) is 0 Å². The molecule has 0 fully saturated rings. The van der Waals surface area contributed by atoms with Gasteiger partial charge < -0.3 is 5.73 Å². The van der Waals surface area contributed by atoms with Gasteiger partial charge in [-0.25, -0.2) is 0 Å². The van der Waals surface area contributed by atoms with E-state index in [1.807, 2.05) is 12.1 Å². The van der Waals surface area contributed by atoms with Gasteiger partial charge >= 0.3 is 0 Å².